The third-order valence-electron chi connectivity index (χ3n) is 2.25. The fourth-order valence-corrected chi connectivity index (χ4v) is 1.76. The van der Waals surface area contributed by atoms with Gasteiger partial charge in [-0.25, -0.2) is 0 Å². The Hall–Kier alpha value is 0.984. The first-order chi connectivity index (χ1) is 4.88. The molecule has 0 aromatic carbocycles. The molecule has 0 saturated carbocycles. The molecule has 3 rings (SSSR count). The van der Waals surface area contributed by atoms with E-state index in [-0.39, 0.29) is 39.3 Å². The van der Waals surface area contributed by atoms with Crippen LogP contribution in [0.3, 0.4) is 0 Å². The maximum absolute atomic E-state index is 8.64. The summed E-state index contributed by atoms with van der Waals surface area (Å²) in [5, 5.41) is 8.64. The summed E-state index contributed by atoms with van der Waals surface area (Å²) in [4.78, 5) is 2.27. The molecule has 0 amide bonds. The van der Waals surface area contributed by atoms with Gasteiger partial charge < -0.3 is 9.84 Å². The van der Waals surface area contributed by atoms with Crippen LogP contribution in [-0.2, 0) is 37.4 Å². The molecule has 4 heteroatoms. The number of hydrogen-bond acceptors (Lipinski definition) is 3. The molecule has 0 aromatic heterocycles. The zero-order chi connectivity index (χ0) is 6.97. The van der Waals surface area contributed by atoms with Crippen molar-refractivity contribution in [1.82, 2.24) is 4.90 Å². The first kappa shape index (κ1) is 10.1. The van der Waals surface area contributed by atoms with Crippen molar-refractivity contribution in [3.63, 3.8) is 0 Å². The van der Waals surface area contributed by atoms with Crippen molar-refractivity contribution in [2.75, 3.05) is 26.2 Å². The van der Waals surface area contributed by atoms with Crippen LogP contribution in [0, 0.1) is 0 Å². The van der Waals surface area contributed by atoms with Gasteiger partial charge in [-0.05, 0) is 0 Å². The van der Waals surface area contributed by atoms with Gasteiger partial charge >= 0.3 is 0 Å². The van der Waals surface area contributed by atoms with E-state index in [0.717, 1.165) is 19.6 Å². The summed E-state index contributed by atoms with van der Waals surface area (Å²) in [6, 6.07) is 0. The molecule has 11 heavy (non-hydrogen) atoms. The number of nitrogens with zero attached hydrogens (tertiary/aromatic N) is 1. The third-order valence-corrected chi connectivity index (χ3v) is 2.25. The minimum absolute atomic E-state index is 0. The van der Waals surface area contributed by atoms with Crippen LogP contribution >= 0.6 is 0 Å². The van der Waals surface area contributed by atoms with Crippen LogP contribution in [0.2, 0.25) is 0 Å². The fraction of sp³-hybridized carbons (Fsp3) is 1.00. The summed E-state index contributed by atoms with van der Waals surface area (Å²) in [6.45, 7) is 3.14. The first-order valence-corrected chi connectivity index (χ1v) is 3.87. The van der Waals surface area contributed by atoms with Gasteiger partial charge in [0.15, 0.2) is 0 Å². The molecule has 3 aliphatic rings. The normalized spacial score (nSPS) is 35.7. The van der Waals surface area contributed by atoms with E-state index in [9.17, 15) is 0 Å². The van der Waals surface area contributed by atoms with Crippen LogP contribution in [0.15, 0.2) is 0 Å². The fourth-order valence-electron chi connectivity index (χ4n) is 1.76. The summed E-state index contributed by atoms with van der Waals surface area (Å²) in [7, 11) is 0. The summed E-state index contributed by atoms with van der Waals surface area (Å²) < 4.78 is 5.43. The summed E-state index contributed by atoms with van der Waals surface area (Å²) in [6.07, 6.45) is 2.19. The molecule has 3 saturated heterocycles. The topological polar surface area (TPSA) is 32.7 Å². The number of aliphatic hydroxyl groups excluding tert-OH is 1. The molecule has 2 bridgehead atoms. The summed E-state index contributed by atoms with van der Waals surface area (Å²) >= 11 is 0. The number of fused-ring (bicyclic) bond motifs is 2. The molecule has 0 aliphatic carbocycles. The van der Waals surface area contributed by atoms with Crippen LogP contribution < -0.4 is 0 Å². The van der Waals surface area contributed by atoms with Gasteiger partial charge in [-0.15, -0.1) is 0 Å². The van der Waals surface area contributed by atoms with Crippen LogP contribution in [0.25, 0.3) is 0 Å². The molecule has 1 radical (unpaired) electrons. The van der Waals surface area contributed by atoms with Crippen LogP contribution in [0.5, 0.6) is 0 Å². The Morgan fingerprint density at radius 1 is 1.36 bits per heavy atom. The number of rotatable bonds is 2. The van der Waals surface area contributed by atoms with E-state index in [2.05, 4.69) is 4.90 Å². The molecule has 2 atom stereocenters. The number of hydrogen-bond donors (Lipinski definition) is 1. The van der Waals surface area contributed by atoms with Crippen LogP contribution in [0.4, 0.5) is 0 Å². The van der Waals surface area contributed by atoms with Gasteiger partial charge in [-0.2, -0.15) is 0 Å². The average Bonchev–Trinajstić information content (AvgIpc) is 1.87. The smallest absolute Gasteiger partial charge is 0.0731 e. The second-order valence-corrected chi connectivity index (χ2v) is 3.10. The standard InChI is InChI=1S/C7H13NO2.Y/c9-2-1-8-4-6-3-7(5-8)10-6;/h6-7,9H,1-5H2;. The number of aliphatic hydroxyl groups is 1. The predicted octanol–water partition coefficient (Wildman–Crippen LogP) is -0.551. The van der Waals surface area contributed by atoms with Gasteiger partial charge in [0.05, 0.1) is 18.8 Å². The van der Waals surface area contributed by atoms with E-state index in [1.54, 1.807) is 0 Å². The Kier molecular flexibility index (Phi) is 3.92. The van der Waals surface area contributed by atoms with E-state index in [1.807, 2.05) is 0 Å². The molecule has 0 spiro atoms. The monoisotopic (exact) mass is 232 g/mol. The molecule has 2 unspecified atom stereocenters. The van der Waals surface area contributed by atoms with E-state index >= 15 is 0 Å². The van der Waals surface area contributed by atoms with Crippen molar-refractivity contribution in [3.05, 3.63) is 0 Å². The average molecular weight is 232 g/mol. The van der Waals surface area contributed by atoms with Gasteiger partial charge in [-0.3, -0.25) is 4.90 Å². The number of piperidine rings is 1. The maximum Gasteiger partial charge on any atom is 0.0731 e. The van der Waals surface area contributed by atoms with E-state index in [1.165, 1.54) is 6.42 Å². The van der Waals surface area contributed by atoms with E-state index < -0.39 is 0 Å². The third kappa shape index (κ3) is 2.22. The molecule has 3 nitrogen and oxygen atoms in total. The second kappa shape index (κ2) is 4.29. The first-order valence-electron chi connectivity index (χ1n) is 3.87. The van der Waals surface area contributed by atoms with Crippen molar-refractivity contribution < 1.29 is 42.6 Å². The van der Waals surface area contributed by atoms with Gasteiger partial charge in [0.25, 0.3) is 0 Å². The SMILES string of the molecule is OCCN1CC2CC(C1)O2.[Y]. The van der Waals surface area contributed by atoms with Crippen molar-refractivity contribution >= 4 is 0 Å². The summed E-state index contributed by atoms with van der Waals surface area (Å²) in [5.41, 5.74) is 0. The number of morpholine rings is 1. The Bertz CT molecular complexity index is 118. The molecule has 3 aliphatic heterocycles. The van der Waals surface area contributed by atoms with Crippen LogP contribution in [-0.4, -0.2) is 48.5 Å². The second-order valence-electron chi connectivity index (χ2n) is 3.10. The van der Waals surface area contributed by atoms with E-state index in [0.29, 0.717) is 12.2 Å². The van der Waals surface area contributed by atoms with Gasteiger partial charge in [0.2, 0.25) is 0 Å². The Morgan fingerprint density at radius 3 is 2.36 bits per heavy atom. The quantitative estimate of drug-likeness (QED) is 0.693. The largest absolute Gasteiger partial charge is 0.395 e. The predicted molar refractivity (Wildman–Crippen MR) is 36.8 cm³/mol. The molecule has 3 heterocycles. The minimum atomic E-state index is 0. The summed E-state index contributed by atoms with van der Waals surface area (Å²) in [5.74, 6) is 0. The zero-order valence-corrected chi connectivity index (χ0v) is 9.41. The van der Waals surface area contributed by atoms with Crippen molar-refractivity contribution in [2.24, 2.45) is 0 Å². The van der Waals surface area contributed by atoms with Gasteiger partial charge in [-0.1, -0.05) is 0 Å². The molecular weight excluding hydrogens is 219 g/mol. The van der Waals surface area contributed by atoms with Crippen LogP contribution in [0.1, 0.15) is 6.42 Å². The van der Waals surface area contributed by atoms with Crippen molar-refractivity contribution in [3.8, 4) is 0 Å². The maximum atomic E-state index is 8.64. The molecule has 3 fully saturated rings. The molecular formula is C7H13NO2Y. The van der Waals surface area contributed by atoms with E-state index in [4.69, 9.17) is 9.84 Å². The van der Waals surface area contributed by atoms with Crippen molar-refractivity contribution in [1.29, 1.82) is 0 Å². The van der Waals surface area contributed by atoms with Gasteiger partial charge in [0.1, 0.15) is 0 Å². The number of ether oxygens (including phenoxy) is 1. The molecule has 1 N–H and O–H groups in total. The minimum Gasteiger partial charge on any atom is -0.395 e. The Morgan fingerprint density at radius 2 is 1.91 bits per heavy atom. The Labute approximate surface area is 92.0 Å². The zero-order valence-electron chi connectivity index (χ0n) is 6.57. The molecule has 0 aromatic rings. The van der Waals surface area contributed by atoms with Gasteiger partial charge in [0, 0.05) is 58.8 Å². The van der Waals surface area contributed by atoms with Crippen molar-refractivity contribution in [2.45, 2.75) is 18.6 Å². The Balaban J connectivity index is 0.000000605. The molecule has 61 valence electrons.